The molecule has 68 heavy (non-hydrogen) atoms. The van der Waals surface area contributed by atoms with Crippen molar-refractivity contribution in [2.45, 2.75) is 21.6 Å². The highest BCUT2D eigenvalue weighted by Gasteiger charge is 2.26. The van der Waals surface area contributed by atoms with Crippen LogP contribution in [0.2, 0.25) is 0 Å². The van der Waals surface area contributed by atoms with E-state index in [0.717, 1.165) is 23.6 Å². The topological polar surface area (TPSA) is 410 Å². The van der Waals surface area contributed by atoms with Gasteiger partial charge in [-0.3, -0.25) is 13.7 Å². The summed E-state index contributed by atoms with van der Waals surface area (Å²) in [4.78, 5) is -2.69. The van der Waals surface area contributed by atoms with E-state index in [2.05, 4.69) is 30.7 Å². The molecule has 0 fully saturated rings. The number of hydrogen-bond acceptors (Lipinski definition) is 22. The standard InChI is InChI=1S/C38H28N6O13S3.2O3S/c1-19-15-29(32(57-2)17-28(19)42-41-27-7-3-5-20-6-4-8-31(45)35(20)27)43-39-25-12-13-26(24-16-21(58(48,49)50)9-10-22(24)25)40-44-30-18-34(60(54,55)56)37(46)23-11-14-33(59(51,52)53)38(47)36(23)30;2*1-4(2)3/h3-18,45-47H,1-2H3,(H,48,49,50)(H,51,52,53)(H,54,55,56);;. The highest BCUT2D eigenvalue weighted by atomic mass is 32.2. The van der Waals surface area contributed by atoms with E-state index in [1.54, 1.807) is 43.3 Å². The minimum atomic E-state index is -5.15. The quantitative estimate of drug-likeness (QED) is 0.0568. The normalized spacial score (nSPS) is 12.0. The maximum atomic E-state index is 12.2. The summed E-state index contributed by atoms with van der Waals surface area (Å²) in [7, 11) is -19.8. The van der Waals surface area contributed by atoms with Gasteiger partial charge >= 0.3 is 21.2 Å². The first-order valence-electron chi connectivity index (χ1n) is 17.9. The zero-order valence-electron chi connectivity index (χ0n) is 34.0. The summed E-state index contributed by atoms with van der Waals surface area (Å²) in [6, 6.07) is 21.8. The third-order valence-corrected chi connectivity index (χ3v) is 11.7. The van der Waals surface area contributed by atoms with E-state index in [1.165, 1.54) is 25.3 Å². The van der Waals surface area contributed by atoms with Gasteiger partial charge in [0.1, 0.15) is 38.5 Å². The van der Waals surface area contributed by atoms with E-state index in [-0.39, 0.29) is 39.3 Å². The van der Waals surface area contributed by atoms with Gasteiger partial charge in [-0.1, -0.05) is 30.3 Å². The lowest BCUT2D eigenvalue weighted by Crippen LogP contribution is -2.01. The van der Waals surface area contributed by atoms with Crippen LogP contribution in [0.4, 0.5) is 34.1 Å². The summed E-state index contributed by atoms with van der Waals surface area (Å²) < 4.78 is 158. The van der Waals surface area contributed by atoms with Crippen LogP contribution < -0.4 is 4.74 Å². The van der Waals surface area contributed by atoms with Crippen LogP contribution in [0.1, 0.15) is 5.56 Å². The average Bonchev–Trinajstić information content (AvgIpc) is 3.23. The molecule has 7 rings (SSSR count). The molecule has 30 heteroatoms. The Labute approximate surface area is 385 Å². The minimum absolute atomic E-state index is 0.00960. The first-order valence-corrected chi connectivity index (χ1v) is 24.2. The highest BCUT2D eigenvalue weighted by molar-refractivity contribution is 7.86. The Morgan fingerprint density at radius 3 is 1.56 bits per heavy atom. The molecule has 0 aliphatic carbocycles. The molecule has 0 saturated carbocycles. The summed E-state index contributed by atoms with van der Waals surface area (Å²) in [6.45, 7) is 1.75. The number of methoxy groups -OCH3 is 1. The third kappa shape index (κ3) is 12.0. The van der Waals surface area contributed by atoms with Crippen LogP contribution >= 0.6 is 0 Å². The van der Waals surface area contributed by atoms with Crippen molar-refractivity contribution in [1.82, 2.24) is 0 Å². The van der Waals surface area contributed by atoms with E-state index in [9.17, 15) is 54.2 Å². The van der Waals surface area contributed by atoms with Crippen molar-refractivity contribution in [2.75, 3.05) is 7.11 Å². The second-order valence-electron chi connectivity index (χ2n) is 13.3. The van der Waals surface area contributed by atoms with Gasteiger partial charge in [-0.05, 0) is 78.5 Å². The predicted molar refractivity (Wildman–Crippen MR) is 236 cm³/mol. The van der Waals surface area contributed by atoms with E-state index in [1.807, 2.05) is 12.1 Å². The number of rotatable bonds is 10. The van der Waals surface area contributed by atoms with Gasteiger partial charge in [-0.25, -0.2) is 0 Å². The molecule has 0 atom stereocenters. The van der Waals surface area contributed by atoms with Gasteiger partial charge in [0.25, 0.3) is 30.4 Å². The van der Waals surface area contributed by atoms with Crippen LogP contribution in [0.15, 0.2) is 142 Å². The molecule has 7 aromatic rings. The van der Waals surface area contributed by atoms with E-state index < -0.39 is 94.2 Å². The largest absolute Gasteiger partial charge is 0.507 e. The Hall–Kier alpha value is -7.71. The molecule has 25 nitrogen and oxygen atoms in total. The van der Waals surface area contributed by atoms with Gasteiger partial charge in [0.2, 0.25) is 0 Å². The summed E-state index contributed by atoms with van der Waals surface area (Å²) in [5.41, 5.74) is 1.10. The zero-order chi connectivity index (χ0) is 50.5. The molecule has 0 amide bonds. The van der Waals surface area contributed by atoms with E-state index >= 15 is 0 Å². The summed E-state index contributed by atoms with van der Waals surface area (Å²) in [5, 5.41) is 57.8. The maximum absolute atomic E-state index is 12.2. The number of azo groups is 3. The molecule has 0 heterocycles. The van der Waals surface area contributed by atoms with Gasteiger partial charge in [0, 0.05) is 22.2 Å². The molecular weight excluding hydrogens is 1000 g/mol. The van der Waals surface area contributed by atoms with Crippen molar-refractivity contribution < 1.29 is 84.2 Å². The van der Waals surface area contributed by atoms with Crippen LogP contribution in [0.25, 0.3) is 32.3 Å². The number of phenols is 3. The monoisotopic (exact) mass is 1030 g/mol. The van der Waals surface area contributed by atoms with Crippen molar-refractivity contribution in [1.29, 1.82) is 0 Å². The molecule has 6 N–H and O–H groups in total. The second kappa shape index (κ2) is 20.4. The number of nitrogens with zero attached hydrogens (tertiary/aromatic N) is 6. The lowest BCUT2D eigenvalue weighted by molar-refractivity contribution is 0.416. The molecule has 0 unspecified atom stereocenters. The van der Waals surface area contributed by atoms with Gasteiger partial charge < -0.3 is 20.1 Å². The van der Waals surface area contributed by atoms with Gasteiger partial charge in [0.05, 0.1) is 51.2 Å². The van der Waals surface area contributed by atoms with Crippen molar-refractivity contribution >= 4 is 118 Å². The van der Waals surface area contributed by atoms with Gasteiger partial charge in [0.15, 0.2) is 0 Å². The first kappa shape index (κ1) is 51.3. The van der Waals surface area contributed by atoms with Crippen molar-refractivity contribution in [2.24, 2.45) is 30.7 Å². The number of ether oxygens (including phenoxy) is 1. The van der Waals surface area contributed by atoms with E-state index in [4.69, 9.17) is 30.0 Å². The van der Waals surface area contributed by atoms with E-state index in [0.29, 0.717) is 34.5 Å². The number of benzene rings is 7. The van der Waals surface area contributed by atoms with Crippen LogP contribution in [0.5, 0.6) is 23.0 Å². The summed E-state index contributed by atoms with van der Waals surface area (Å²) >= 11 is 0. The number of hydrogen-bond donors (Lipinski definition) is 6. The smallest absolute Gasteiger partial charge is 0.425 e. The van der Waals surface area contributed by atoms with Crippen LogP contribution in [-0.2, 0) is 51.6 Å². The third-order valence-electron chi connectivity index (χ3n) is 9.10. The molecule has 0 aromatic heterocycles. The molecule has 0 aliphatic rings. The Kier molecular flexibility index (Phi) is 15.4. The Bertz CT molecular complexity index is 3840. The van der Waals surface area contributed by atoms with Gasteiger partial charge in [-0.15, -0.1) is 50.8 Å². The van der Waals surface area contributed by atoms with Crippen molar-refractivity contribution in [3.05, 3.63) is 103 Å². The molecular formula is C38H28N6O19S5. The van der Waals surface area contributed by atoms with Crippen LogP contribution in [0, 0.1) is 6.92 Å². The number of aryl methyl sites for hydroxylation is 1. The van der Waals surface area contributed by atoms with Crippen LogP contribution in [0.3, 0.4) is 0 Å². The molecule has 354 valence electrons. The first-order chi connectivity index (χ1) is 31.7. The fourth-order valence-corrected chi connectivity index (χ4v) is 7.97. The lowest BCUT2D eigenvalue weighted by atomic mass is 10.1. The molecule has 0 radical (unpaired) electrons. The summed E-state index contributed by atoms with van der Waals surface area (Å²) in [5.74, 6) is -1.95. The fourth-order valence-electron chi connectivity index (χ4n) is 6.26. The molecule has 0 aliphatic heterocycles. The van der Waals surface area contributed by atoms with Crippen molar-refractivity contribution in [3.63, 3.8) is 0 Å². The zero-order valence-corrected chi connectivity index (χ0v) is 38.0. The minimum Gasteiger partial charge on any atom is -0.507 e. The Morgan fingerprint density at radius 2 is 0.985 bits per heavy atom. The Morgan fingerprint density at radius 1 is 0.471 bits per heavy atom. The molecule has 0 bridgehead atoms. The predicted octanol–water partition coefficient (Wildman–Crippen LogP) is 7.56. The van der Waals surface area contributed by atoms with Gasteiger partial charge in [-0.2, -0.15) is 30.4 Å². The fraction of sp³-hybridized carbons (Fsp3) is 0.0526. The maximum Gasteiger partial charge on any atom is 0.425 e. The van der Waals surface area contributed by atoms with Crippen molar-refractivity contribution in [3.8, 4) is 23.0 Å². The second-order valence-corrected chi connectivity index (χ2v) is 18.3. The molecule has 0 saturated heterocycles. The van der Waals surface area contributed by atoms with Crippen LogP contribution in [-0.4, -0.2) is 86.6 Å². The highest BCUT2D eigenvalue weighted by Crippen LogP contribution is 2.46. The summed E-state index contributed by atoms with van der Waals surface area (Å²) in [6.07, 6.45) is 0. The molecule has 0 spiro atoms. The number of aromatic hydroxyl groups is 3. The molecule has 7 aromatic carbocycles. The number of phenolic OH excluding ortho intramolecular Hbond substituents is 3. The Balaban J connectivity index is 0.00000100. The average molecular weight is 1030 g/mol. The SMILES string of the molecule is COc1cc(N=Nc2cccc3cccc(O)c23)c(C)cc1N=Nc1ccc(N=Nc2cc(S(=O)(=O)O)c(O)c3ccc(S(=O)(=O)O)c(O)c23)c2cc(S(=O)(=O)O)ccc12.O=S(=O)=O.O=S(=O)=O. The lowest BCUT2D eigenvalue weighted by Gasteiger charge is -2.12. The number of fused-ring (bicyclic) bond motifs is 3.